The number of hydrogen-bond donors (Lipinski definition) is 4. The highest BCUT2D eigenvalue weighted by Crippen LogP contribution is 1.95. The predicted octanol–water partition coefficient (Wildman–Crippen LogP) is -2.76. The summed E-state index contributed by atoms with van der Waals surface area (Å²) < 4.78 is 0. The molecular formula is C3H5NO5. The minimum absolute atomic E-state index is 1.71. The molecular weight excluding hydrogens is 130 g/mol. The quantitative estimate of drug-likeness (QED) is 0.241. The lowest BCUT2D eigenvalue weighted by Gasteiger charge is -2.09. The highest BCUT2D eigenvalue weighted by Gasteiger charge is 2.40. The molecule has 0 fully saturated rings. The van der Waals surface area contributed by atoms with Crippen molar-refractivity contribution in [2.24, 2.45) is 5.73 Å². The summed E-state index contributed by atoms with van der Waals surface area (Å²) in [5.41, 5.74) is 4.25. The number of amides is 1. The molecule has 5 N–H and O–H groups in total. The number of aliphatic hydroxyl groups is 2. The van der Waals surface area contributed by atoms with Crippen molar-refractivity contribution in [3.63, 3.8) is 0 Å². The van der Waals surface area contributed by atoms with Crippen molar-refractivity contribution in [2.75, 3.05) is 0 Å². The largest absolute Gasteiger partial charge is 0.477 e. The Morgan fingerprint density at radius 1 is 1.33 bits per heavy atom. The third kappa shape index (κ3) is 1.37. The van der Waals surface area contributed by atoms with Crippen LogP contribution in [0.15, 0.2) is 0 Å². The van der Waals surface area contributed by atoms with Gasteiger partial charge in [-0.05, 0) is 0 Å². The summed E-state index contributed by atoms with van der Waals surface area (Å²) in [6.45, 7) is 0. The summed E-state index contributed by atoms with van der Waals surface area (Å²) >= 11 is 0. The second-order valence-electron chi connectivity index (χ2n) is 1.34. The Morgan fingerprint density at radius 3 is 1.67 bits per heavy atom. The molecule has 0 spiro atoms. The van der Waals surface area contributed by atoms with Crippen LogP contribution in [0.1, 0.15) is 0 Å². The number of rotatable bonds is 2. The molecule has 0 rings (SSSR count). The predicted molar refractivity (Wildman–Crippen MR) is 24.0 cm³/mol. The van der Waals surface area contributed by atoms with Crippen LogP contribution >= 0.6 is 0 Å². The van der Waals surface area contributed by atoms with Gasteiger partial charge in [-0.2, -0.15) is 0 Å². The van der Waals surface area contributed by atoms with Gasteiger partial charge in [-0.3, -0.25) is 4.79 Å². The zero-order chi connectivity index (χ0) is 7.65. The number of aliphatic carboxylic acids is 1. The van der Waals surface area contributed by atoms with Crippen LogP contribution < -0.4 is 5.73 Å². The van der Waals surface area contributed by atoms with E-state index in [1.165, 1.54) is 0 Å². The molecule has 0 aromatic rings. The van der Waals surface area contributed by atoms with Crippen molar-refractivity contribution in [2.45, 2.75) is 5.79 Å². The lowest BCUT2D eigenvalue weighted by Crippen LogP contribution is -2.50. The first-order valence-electron chi connectivity index (χ1n) is 1.87. The summed E-state index contributed by atoms with van der Waals surface area (Å²) in [6.07, 6.45) is 0. The third-order valence-electron chi connectivity index (χ3n) is 0.642. The zero-order valence-corrected chi connectivity index (χ0v) is 4.24. The number of primary amides is 1. The van der Waals surface area contributed by atoms with E-state index in [1.54, 1.807) is 0 Å². The van der Waals surface area contributed by atoms with Gasteiger partial charge in [0.2, 0.25) is 0 Å². The van der Waals surface area contributed by atoms with Crippen molar-refractivity contribution in [1.82, 2.24) is 0 Å². The van der Waals surface area contributed by atoms with Gasteiger partial charge in [0.15, 0.2) is 0 Å². The van der Waals surface area contributed by atoms with Crippen LogP contribution in [-0.4, -0.2) is 33.0 Å². The van der Waals surface area contributed by atoms with Crippen molar-refractivity contribution in [3.05, 3.63) is 0 Å². The number of carboxylic acids is 1. The maximum atomic E-state index is 9.80. The third-order valence-corrected chi connectivity index (χ3v) is 0.642. The fourth-order valence-corrected chi connectivity index (χ4v) is 0.105. The van der Waals surface area contributed by atoms with Crippen molar-refractivity contribution < 1.29 is 24.9 Å². The normalized spacial score (nSPS) is 10.9. The van der Waals surface area contributed by atoms with Gasteiger partial charge in [-0.1, -0.05) is 0 Å². The summed E-state index contributed by atoms with van der Waals surface area (Å²) in [7, 11) is 0. The molecule has 0 saturated carbocycles. The van der Waals surface area contributed by atoms with E-state index < -0.39 is 17.7 Å². The average molecular weight is 135 g/mol. The average Bonchev–Trinajstić information content (AvgIpc) is 1.65. The Labute approximate surface area is 49.5 Å². The fraction of sp³-hybridized carbons (Fsp3) is 0.333. The molecule has 0 atom stereocenters. The van der Waals surface area contributed by atoms with E-state index in [2.05, 4.69) is 5.73 Å². The monoisotopic (exact) mass is 135 g/mol. The van der Waals surface area contributed by atoms with Crippen LogP contribution in [0.25, 0.3) is 0 Å². The number of hydrogen-bond acceptors (Lipinski definition) is 4. The SMILES string of the molecule is NC(=O)C(O)(O)C(=O)O. The molecule has 52 valence electrons. The van der Waals surface area contributed by atoms with Gasteiger partial charge in [0.25, 0.3) is 5.91 Å². The molecule has 0 aliphatic heterocycles. The number of carbonyl (C=O) groups excluding carboxylic acids is 1. The van der Waals surface area contributed by atoms with E-state index in [1.807, 2.05) is 0 Å². The molecule has 0 saturated heterocycles. The van der Waals surface area contributed by atoms with E-state index >= 15 is 0 Å². The van der Waals surface area contributed by atoms with Gasteiger partial charge < -0.3 is 21.1 Å². The summed E-state index contributed by atoms with van der Waals surface area (Å²) in [5, 5.41) is 24.1. The van der Waals surface area contributed by atoms with Gasteiger partial charge in [-0.25, -0.2) is 4.79 Å². The first kappa shape index (κ1) is 7.86. The minimum Gasteiger partial charge on any atom is -0.477 e. The number of carbonyl (C=O) groups is 2. The molecule has 0 unspecified atom stereocenters. The van der Waals surface area contributed by atoms with Gasteiger partial charge >= 0.3 is 11.8 Å². The molecule has 0 bridgehead atoms. The second kappa shape index (κ2) is 2.00. The molecule has 0 heterocycles. The van der Waals surface area contributed by atoms with Crippen LogP contribution in [0.2, 0.25) is 0 Å². The van der Waals surface area contributed by atoms with Gasteiger partial charge in [-0.15, -0.1) is 0 Å². The second-order valence-corrected chi connectivity index (χ2v) is 1.34. The van der Waals surface area contributed by atoms with Gasteiger partial charge in [0.05, 0.1) is 0 Å². The van der Waals surface area contributed by atoms with Crippen molar-refractivity contribution >= 4 is 11.9 Å². The molecule has 6 nitrogen and oxygen atoms in total. The zero-order valence-electron chi connectivity index (χ0n) is 4.24. The molecule has 6 heteroatoms. The van der Waals surface area contributed by atoms with Crippen molar-refractivity contribution in [1.29, 1.82) is 0 Å². The molecule has 0 aromatic heterocycles. The van der Waals surface area contributed by atoms with E-state index in [4.69, 9.17) is 15.3 Å². The van der Waals surface area contributed by atoms with Gasteiger partial charge in [0, 0.05) is 0 Å². The first-order chi connectivity index (χ1) is 3.89. The van der Waals surface area contributed by atoms with Gasteiger partial charge in [0.1, 0.15) is 0 Å². The summed E-state index contributed by atoms with van der Waals surface area (Å²) in [5.74, 6) is -7.25. The standard InChI is InChI=1S/C3H5NO5/c4-1(5)3(8,9)2(6)7/h8-9H,(H2,4,5)(H,6,7). The molecule has 0 aliphatic carbocycles. The van der Waals surface area contributed by atoms with E-state index in [0.717, 1.165) is 0 Å². The van der Waals surface area contributed by atoms with E-state index in [9.17, 15) is 9.59 Å². The topological polar surface area (TPSA) is 121 Å². The molecule has 0 aliphatic rings. The fourth-order valence-electron chi connectivity index (χ4n) is 0.105. The van der Waals surface area contributed by atoms with Crippen LogP contribution in [0, 0.1) is 0 Å². The summed E-state index contributed by atoms with van der Waals surface area (Å²) in [6, 6.07) is 0. The Kier molecular flexibility index (Phi) is 1.74. The number of carboxylic acid groups (broad SMARTS) is 1. The molecule has 1 amide bonds. The minimum atomic E-state index is -3.44. The van der Waals surface area contributed by atoms with E-state index in [0.29, 0.717) is 0 Å². The van der Waals surface area contributed by atoms with Crippen LogP contribution in [0.5, 0.6) is 0 Å². The first-order valence-corrected chi connectivity index (χ1v) is 1.87. The highest BCUT2D eigenvalue weighted by atomic mass is 16.5. The smallest absolute Gasteiger partial charge is 0.374 e. The Balaban J connectivity index is 4.38. The molecule has 9 heavy (non-hydrogen) atoms. The van der Waals surface area contributed by atoms with Crippen LogP contribution in [0.3, 0.4) is 0 Å². The summed E-state index contributed by atoms with van der Waals surface area (Å²) in [4.78, 5) is 19.5. The van der Waals surface area contributed by atoms with Crippen LogP contribution in [-0.2, 0) is 9.59 Å². The molecule has 0 aromatic carbocycles. The van der Waals surface area contributed by atoms with Crippen molar-refractivity contribution in [3.8, 4) is 0 Å². The maximum absolute atomic E-state index is 9.80. The van der Waals surface area contributed by atoms with Crippen LogP contribution in [0.4, 0.5) is 0 Å². The Bertz CT molecular complexity index is 134. The highest BCUT2D eigenvalue weighted by molar-refractivity contribution is 6.01. The maximum Gasteiger partial charge on any atom is 0.374 e. The van der Waals surface area contributed by atoms with E-state index in [-0.39, 0.29) is 0 Å². The number of nitrogens with two attached hydrogens (primary N) is 1. The Hall–Kier alpha value is -1.14. The lowest BCUT2D eigenvalue weighted by atomic mass is 10.3. The Morgan fingerprint density at radius 2 is 1.67 bits per heavy atom. The molecule has 0 radical (unpaired) electrons. The lowest BCUT2D eigenvalue weighted by molar-refractivity contribution is -0.203.